The lowest BCUT2D eigenvalue weighted by atomic mass is 10.1. The van der Waals surface area contributed by atoms with Crippen molar-refractivity contribution in [3.05, 3.63) is 89.4 Å². The Balaban J connectivity index is 1.57. The second kappa shape index (κ2) is 10.3. The van der Waals surface area contributed by atoms with Crippen molar-refractivity contribution in [2.24, 2.45) is 0 Å². The Bertz CT molecular complexity index is 948. The molecule has 1 atom stereocenters. The number of aryl methyl sites for hydroxylation is 2. The number of nitrogens with one attached hydrogen (secondary N) is 2. The first-order chi connectivity index (χ1) is 14.5. The van der Waals surface area contributed by atoms with E-state index in [1.54, 1.807) is 12.1 Å². The van der Waals surface area contributed by atoms with Crippen LogP contribution in [0.25, 0.3) is 0 Å². The van der Waals surface area contributed by atoms with Crippen LogP contribution in [0.15, 0.2) is 71.3 Å². The standard InChI is InChI=1S/C24H26N2O4/c1-17-13-18(2)15-20(14-17)29-12-10-25-23(27)21(16-19-7-4-3-5-8-19)26-24(28)22-9-6-11-30-22/h3-9,11,13-15,21H,10,12,16H2,1-2H3,(H,25,27)(H,26,28). The number of ether oxygens (including phenoxy) is 1. The van der Waals surface area contributed by atoms with Crippen molar-refractivity contribution in [3.63, 3.8) is 0 Å². The maximum Gasteiger partial charge on any atom is 0.287 e. The molecule has 2 amide bonds. The van der Waals surface area contributed by atoms with Crippen LogP contribution in [0, 0.1) is 13.8 Å². The van der Waals surface area contributed by atoms with E-state index in [0.717, 1.165) is 22.4 Å². The largest absolute Gasteiger partial charge is 0.492 e. The number of rotatable bonds is 9. The normalized spacial score (nSPS) is 11.5. The quantitative estimate of drug-likeness (QED) is 0.534. The molecule has 0 aliphatic heterocycles. The molecule has 0 spiro atoms. The van der Waals surface area contributed by atoms with Gasteiger partial charge in [0.25, 0.3) is 5.91 Å². The number of amides is 2. The third-order valence-electron chi connectivity index (χ3n) is 4.51. The zero-order valence-corrected chi connectivity index (χ0v) is 17.2. The van der Waals surface area contributed by atoms with Crippen LogP contribution in [0.2, 0.25) is 0 Å². The van der Waals surface area contributed by atoms with Gasteiger partial charge in [-0.25, -0.2) is 0 Å². The number of carbonyl (C=O) groups is 2. The third-order valence-corrected chi connectivity index (χ3v) is 4.51. The van der Waals surface area contributed by atoms with Crippen LogP contribution in [-0.4, -0.2) is 31.0 Å². The Labute approximate surface area is 176 Å². The molecule has 0 saturated carbocycles. The zero-order valence-electron chi connectivity index (χ0n) is 17.2. The maximum absolute atomic E-state index is 12.8. The van der Waals surface area contributed by atoms with Gasteiger partial charge in [-0.05, 0) is 54.8 Å². The van der Waals surface area contributed by atoms with Gasteiger partial charge in [0.05, 0.1) is 12.8 Å². The lowest BCUT2D eigenvalue weighted by Gasteiger charge is -2.18. The molecule has 1 heterocycles. The van der Waals surface area contributed by atoms with Gasteiger partial charge in [-0.2, -0.15) is 0 Å². The third kappa shape index (κ3) is 6.24. The smallest absolute Gasteiger partial charge is 0.287 e. The summed E-state index contributed by atoms with van der Waals surface area (Å²) in [5.74, 6) is 0.234. The second-order valence-electron chi connectivity index (χ2n) is 7.16. The van der Waals surface area contributed by atoms with E-state index in [1.807, 2.05) is 56.3 Å². The summed E-state index contributed by atoms with van der Waals surface area (Å²) in [6.45, 7) is 4.68. The molecule has 0 aliphatic carbocycles. The topological polar surface area (TPSA) is 80.6 Å². The predicted octanol–water partition coefficient (Wildman–Crippen LogP) is 3.43. The molecular formula is C24H26N2O4. The molecule has 0 fully saturated rings. The van der Waals surface area contributed by atoms with Gasteiger partial charge < -0.3 is 19.8 Å². The van der Waals surface area contributed by atoms with E-state index in [1.165, 1.54) is 6.26 Å². The van der Waals surface area contributed by atoms with Crippen molar-refractivity contribution >= 4 is 11.8 Å². The minimum atomic E-state index is -0.730. The summed E-state index contributed by atoms with van der Waals surface area (Å²) < 4.78 is 10.9. The molecule has 0 saturated heterocycles. The summed E-state index contributed by atoms with van der Waals surface area (Å²) in [5, 5.41) is 5.60. The van der Waals surface area contributed by atoms with Crippen molar-refractivity contribution in [2.45, 2.75) is 26.3 Å². The summed E-state index contributed by atoms with van der Waals surface area (Å²) in [6, 6.07) is 18.0. The minimum absolute atomic E-state index is 0.166. The Hall–Kier alpha value is -3.54. The van der Waals surface area contributed by atoms with Gasteiger partial charge in [-0.3, -0.25) is 9.59 Å². The first-order valence-electron chi connectivity index (χ1n) is 9.88. The minimum Gasteiger partial charge on any atom is -0.492 e. The Morgan fingerprint density at radius 1 is 1.00 bits per heavy atom. The van der Waals surface area contributed by atoms with E-state index < -0.39 is 11.9 Å². The summed E-state index contributed by atoms with van der Waals surface area (Å²) in [5.41, 5.74) is 3.19. The van der Waals surface area contributed by atoms with Gasteiger partial charge in [0.15, 0.2) is 5.76 Å². The van der Waals surface area contributed by atoms with Gasteiger partial charge in [-0.1, -0.05) is 36.4 Å². The fourth-order valence-corrected chi connectivity index (χ4v) is 3.18. The van der Waals surface area contributed by atoms with Crippen LogP contribution in [0.1, 0.15) is 27.2 Å². The van der Waals surface area contributed by atoms with Gasteiger partial charge in [0.1, 0.15) is 18.4 Å². The molecule has 3 aromatic rings. The highest BCUT2D eigenvalue weighted by Gasteiger charge is 2.22. The van der Waals surface area contributed by atoms with Gasteiger partial charge in [-0.15, -0.1) is 0 Å². The summed E-state index contributed by atoms with van der Waals surface area (Å²) >= 11 is 0. The van der Waals surface area contributed by atoms with Crippen molar-refractivity contribution in [3.8, 4) is 5.75 Å². The van der Waals surface area contributed by atoms with Crippen LogP contribution in [-0.2, 0) is 11.2 Å². The molecule has 0 bridgehead atoms. The molecule has 0 aliphatic rings. The van der Waals surface area contributed by atoms with Crippen LogP contribution < -0.4 is 15.4 Å². The lowest BCUT2D eigenvalue weighted by Crippen LogP contribution is -2.48. The fourth-order valence-electron chi connectivity index (χ4n) is 3.18. The molecule has 2 N–H and O–H groups in total. The Kier molecular flexibility index (Phi) is 7.27. The SMILES string of the molecule is Cc1cc(C)cc(OCCNC(=O)C(Cc2ccccc2)NC(=O)c2ccco2)c1. The summed E-state index contributed by atoms with van der Waals surface area (Å²) in [4.78, 5) is 25.1. The molecule has 156 valence electrons. The molecule has 6 heteroatoms. The van der Waals surface area contributed by atoms with Gasteiger partial charge >= 0.3 is 0 Å². The molecule has 0 radical (unpaired) electrons. The van der Waals surface area contributed by atoms with Crippen LogP contribution in [0.5, 0.6) is 5.75 Å². The van der Waals surface area contributed by atoms with E-state index in [0.29, 0.717) is 19.6 Å². The van der Waals surface area contributed by atoms with Crippen molar-refractivity contribution in [1.82, 2.24) is 10.6 Å². The van der Waals surface area contributed by atoms with E-state index in [2.05, 4.69) is 16.7 Å². The average molecular weight is 406 g/mol. The zero-order chi connectivity index (χ0) is 21.3. The molecule has 1 unspecified atom stereocenters. The second-order valence-corrected chi connectivity index (χ2v) is 7.16. The molecule has 3 rings (SSSR count). The first-order valence-corrected chi connectivity index (χ1v) is 9.88. The lowest BCUT2D eigenvalue weighted by molar-refractivity contribution is -0.123. The number of hydrogen-bond acceptors (Lipinski definition) is 4. The molecule has 30 heavy (non-hydrogen) atoms. The number of carbonyl (C=O) groups excluding carboxylic acids is 2. The molecular weight excluding hydrogens is 380 g/mol. The van der Waals surface area contributed by atoms with Crippen LogP contribution in [0.4, 0.5) is 0 Å². The monoisotopic (exact) mass is 406 g/mol. The highest BCUT2D eigenvalue weighted by atomic mass is 16.5. The summed E-state index contributed by atoms with van der Waals surface area (Å²) in [6.07, 6.45) is 1.79. The fraction of sp³-hybridized carbons (Fsp3) is 0.250. The average Bonchev–Trinajstić information content (AvgIpc) is 3.26. The molecule has 1 aromatic heterocycles. The highest BCUT2D eigenvalue weighted by molar-refractivity contribution is 5.95. The van der Waals surface area contributed by atoms with Crippen LogP contribution in [0.3, 0.4) is 0 Å². The highest BCUT2D eigenvalue weighted by Crippen LogP contribution is 2.15. The van der Waals surface area contributed by atoms with E-state index in [-0.39, 0.29) is 11.7 Å². The Morgan fingerprint density at radius 2 is 1.73 bits per heavy atom. The Morgan fingerprint density at radius 3 is 2.40 bits per heavy atom. The molecule has 6 nitrogen and oxygen atoms in total. The van der Waals surface area contributed by atoms with Gasteiger partial charge in [0.2, 0.25) is 5.91 Å². The predicted molar refractivity (Wildman–Crippen MR) is 115 cm³/mol. The van der Waals surface area contributed by atoms with Gasteiger partial charge in [0, 0.05) is 6.42 Å². The maximum atomic E-state index is 12.8. The number of furan rings is 1. The van der Waals surface area contributed by atoms with E-state index >= 15 is 0 Å². The molecule has 2 aromatic carbocycles. The van der Waals surface area contributed by atoms with E-state index in [4.69, 9.17) is 9.15 Å². The van der Waals surface area contributed by atoms with Crippen molar-refractivity contribution in [1.29, 1.82) is 0 Å². The van der Waals surface area contributed by atoms with Crippen molar-refractivity contribution in [2.75, 3.05) is 13.2 Å². The van der Waals surface area contributed by atoms with Crippen molar-refractivity contribution < 1.29 is 18.7 Å². The first kappa shape index (κ1) is 21.2. The van der Waals surface area contributed by atoms with E-state index in [9.17, 15) is 9.59 Å². The van der Waals surface area contributed by atoms with Crippen LogP contribution >= 0.6 is 0 Å². The number of hydrogen-bond donors (Lipinski definition) is 2. The number of benzene rings is 2. The summed E-state index contributed by atoms with van der Waals surface area (Å²) in [7, 11) is 0.